The van der Waals surface area contributed by atoms with Crippen LogP contribution < -0.4 is 5.32 Å². The van der Waals surface area contributed by atoms with E-state index in [0.717, 1.165) is 19.3 Å². The SMILES string of the molecule is CCCCC(CO)(CO)NC1CCCC1. The molecular weight excluding hydrogens is 190 g/mol. The number of unbranched alkanes of at least 4 members (excludes halogenated alkanes) is 1. The van der Waals surface area contributed by atoms with E-state index in [4.69, 9.17) is 0 Å². The van der Waals surface area contributed by atoms with Crippen LogP contribution in [0, 0.1) is 0 Å². The van der Waals surface area contributed by atoms with Crippen LogP contribution in [-0.2, 0) is 0 Å². The van der Waals surface area contributed by atoms with Gasteiger partial charge in [-0.05, 0) is 19.3 Å². The van der Waals surface area contributed by atoms with Crippen molar-refractivity contribution in [1.29, 1.82) is 0 Å². The first-order valence-electron chi connectivity index (χ1n) is 6.26. The average Bonchev–Trinajstić information content (AvgIpc) is 2.77. The molecule has 0 amide bonds. The Morgan fingerprint density at radius 3 is 2.27 bits per heavy atom. The van der Waals surface area contributed by atoms with Gasteiger partial charge in [0, 0.05) is 6.04 Å². The van der Waals surface area contributed by atoms with Gasteiger partial charge < -0.3 is 15.5 Å². The monoisotopic (exact) mass is 215 g/mol. The number of aliphatic hydroxyl groups is 2. The second-order valence-electron chi connectivity index (χ2n) is 4.83. The molecule has 1 fully saturated rings. The van der Waals surface area contributed by atoms with Crippen molar-refractivity contribution in [1.82, 2.24) is 5.32 Å². The third-order valence-corrected chi connectivity index (χ3v) is 3.48. The smallest absolute Gasteiger partial charge is 0.0650 e. The molecule has 1 rings (SSSR count). The standard InChI is InChI=1S/C12H25NO2/c1-2-3-8-12(9-14,10-15)13-11-6-4-5-7-11/h11,13-15H,2-10H2,1H3. The van der Waals surface area contributed by atoms with Crippen molar-refractivity contribution in [2.24, 2.45) is 0 Å². The molecule has 1 saturated carbocycles. The lowest BCUT2D eigenvalue weighted by Gasteiger charge is -2.34. The van der Waals surface area contributed by atoms with E-state index in [0.29, 0.717) is 6.04 Å². The van der Waals surface area contributed by atoms with Crippen LogP contribution in [-0.4, -0.2) is 35.0 Å². The molecule has 0 aliphatic heterocycles. The molecule has 0 bridgehead atoms. The van der Waals surface area contributed by atoms with Crippen molar-refractivity contribution >= 4 is 0 Å². The summed E-state index contributed by atoms with van der Waals surface area (Å²) < 4.78 is 0. The molecule has 3 heteroatoms. The molecule has 0 radical (unpaired) electrons. The first-order chi connectivity index (χ1) is 7.26. The summed E-state index contributed by atoms with van der Waals surface area (Å²) in [5, 5.41) is 22.3. The Bertz CT molecular complexity index is 163. The Morgan fingerprint density at radius 1 is 1.20 bits per heavy atom. The quantitative estimate of drug-likeness (QED) is 0.602. The Kier molecular flexibility index (Phi) is 5.58. The van der Waals surface area contributed by atoms with E-state index >= 15 is 0 Å². The molecule has 1 aliphatic rings. The Labute approximate surface area is 92.9 Å². The van der Waals surface area contributed by atoms with Crippen LogP contribution in [0.15, 0.2) is 0 Å². The lowest BCUT2D eigenvalue weighted by atomic mass is 9.93. The fourth-order valence-corrected chi connectivity index (χ4v) is 2.39. The van der Waals surface area contributed by atoms with Crippen molar-refractivity contribution in [3.05, 3.63) is 0 Å². The number of nitrogens with one attached hydrogen (secondary N) is 1. The van der Waals surface area contributed by atoms with E-state index in [1.165, 1.54) is 25.7 Å². The Hall–Kier alpha value is -0.120. The molecule has 0 atom stereocenters. The fraction of sp³-hybridized carbons (Fsp3) is 1.00. The van der Waals surface area contributed by atoms with E-state index in [2.05, 4.69) is 12.2 Å². The van der Waals surface area contributed by atoms with E-state index in [-0.39, 0.29) is 13.2 Å². The van der Waals surface area contributed by atoms with Crippen LogP contribution in [0.5, 0.6) is 0 Å². The number of aliphatic hydroxyl groups excluding tert-OH is 2. The average molecular weight is 215 g/mol. The van der Waals surface area contributed by atoms with Crippen LogP contribution in [0.3, 0.4) is 0 Å². The minimum Gasteiger partial charge on any atom is -0.394 e. The van der Waals surface area contributed by atoms with Crippen LogP contribution >= 0.6 is 0 Å². The molecule has 0 spiro atoms. The molecule has 3 nitrogen and oxygen atoms in total. The molecule has 0 aromatic carbocycles. The Morgan fingerprint density at radius 2 is 1.80 bits per heavy atom. The van der Waals surface area contributed by atoms with E-state index < -0.39 is 5.54 Å². The van der Waals surface area contributed by atoms with Gasteiger partial charge in [-0.25, -0.2) is 0 Å². The molecule has 0 unspecified atom stereocenters. The predicted octanol–water partition coefficient (Wildman–Crippen LogP) is 1.43. The fourth-order valence-electron chi connectivity index (χ4n) is 2.39. The zero-order chi connectivity index (χ0) is 11.1. The van der Waals surface area contributed by atoms with E-state index in [9.17, 15) is 10.2 Å². The molecule has 3 N–H and O–H groups in total. The van der Waals surface area contributed by atoms with Crippen molar-refractivity contribution in [2.75, 3.05) is 13.2 Å². The van der Waals surface area contributed by atoms with Crippen LogP contribution in [0.1, 0.15) is 51.9 Å². The highest BCUT2D eigenvalue weighted by Gasteiger charge is 2.31. The van der Waals surface area contributed by atoms with Gasteiger partial charge in [-0.15, -0.1) is 0 Å². The third-order valence-electron chi connectivity index (χ3n) is 3.48. The largest absolute Gasteiger partial charge is 0.394 e. The van der Waals surface area contributed by atoms with Gasteiger partial charge in [-0.2, -0.15) is 0 Å². The maximum absolute atomic E-state index is 9.44. The zero-order valence-electron chi connectivity index (χ0n) is 9.84. The summed E-state index contributed by atoms with van der Waals surface area (Å²) >= 11 is 0. The third kappa shape index (κ3) is 3.74. The summed E-state index contributed by atoms with van der Waals surface area (Å²) in [7, 11) is 0. The summed E-state index contributed by atoms with van der Waals surface area (Å²) in [5.41, 5.74) is -0.439. The van der Waals surface area contributed by atoms with Gasteiger partial charge in [0.15, 0.2) is 0 Å². The summed E-state index contributed by atoms with van der Waals surface area (Å²) in [6.07, 6.45) is 7.96. The normalized spacial score (nSPS) is 18.6. The van der Waals surface area contributed by atoms with Gasteiger partial charge in [-0.3, -0.25) is 0 Å². The van der Waals surface area contributed by atoms with Gasteiger partial charge >= 0.3 is 0 Å². The van der Waals surface area contributed by atoms with Gasteiger partial charge in [0.25, 0.3) is 0 Å². The molecule has 90 valence electrons. The lowest BCUT2D eigenvalue weighted by Crippen LogP contribution is -2.55. The first kappa shape index (κ1) is 12.9. The number of hydrogen-bond donors (Lipinski definition) is 3. The molecule has 15 heavy (non-hydrogen) atoms. The summed E-state index contributed by atoms with van der Waals surface area (Å²) in [6.45, 7) is 2.22. The van der Waals surface area contributed by atoms with Crippen LogP contribution in [0.4, 0.5) is 0 Å². The molecule has 0 saturated heterocycles. The minimum atomic E-state index is -0.439. The number of hydrogen-bond acceptors (Lipinski definition) is 3. The lowest BCUT2D eigenvalue weighted by molar-refractivity contribution is 0.0727. The highest BCUT2D eigenvalue weighted by molar-refractivity contribution is 4.91. The number of rotatable bonds is 7. The van der Waals surface area contributed by atoms with Gasteiger partial charge in [0.1, 0.15) is 0 Å². The molecule has 0 aromatic rings. The summed E-state index contributed by atoms with van der Waals surface area (Å²) in [5.74, 6) is 0. The van der Waals surface area contributed by atoms with Gasteiger partial charge in [-0.1, -0.05) is 32.6 Å². The van der Waals surface area contributed by atoms with E-state index in [1.807, 2.05) is 0 Å². The van der Waals surface area contributed by atoms with Gasteiger partial charge in [0.05, 0.1) is 18.8 Å². The molecule has 0 aromatic heterocycles. The highest BCUT2D eigenvalue weighted by Crippen LogP contribution is 2.22. The van der Waals surface area contributed by atoms with Crippen LogP contribution in [0.25, 0.3) is 0 Å². The second-order valence-corrected chi connectivity index (χ2v) is 4.83. The topological polar surface area (TPSA) is 52.5 Å². The highest BCUT2D eigenvalue weighted by atomic mass is 16.3. The molecule has 0 heterocycles. The second kappa shape index (κ2) is 6.46. The van der Waals surface area contributed by atoms with Crippen LogP contribution in [0.2, 0.25) is 0 Å². The van der Waals surface area contributed by atoms with Crippen molar-refractivity contribution in [3.8, 4) is 0 Å². The van der Waals surface area contributed by atoms with Crippen molar-refractivity contribution < 1.29 is 10.2 Å². The first-order valence-corrected chi connectivity index (χ1v) is 6.26. The maximum atomic E-state index is 9.44. The predicted molar refractivity (Wildman–Crippen MR) is 61.8 cm³/mol. The maximum Gasteiger partial charge on any atom is 0.0650 e. The summed E-state index contributed by atoms with van der Waals surface area (Å²) in [4.78, 5) is 0. The van der Waals surface area contributed by atoms with E-state index in [1.54, 1.807) is 0 Å². The Balaban J connectivity index is 2.45. The van der Waals surface area contributed by atoms with Crippen molar-refractivity contribution in [2.45, 2.75) is 63.5 Å². The van der Waals surface area contributed by atoms with Crippen molar-refractivity contribution in [3.63, 3.8) is 0 Å². The summed E-state index contributed by atoms with van der Waals surface area (Å²) in [6, 6.07) is 0.501. The zero-order valence-corrected chi connectivity index (χ0v) is 9.84. The molecule has 1 aliphatic carbocycles. The molecular formula is C12H25NO2. The van der Waals surface area contributed by atoms with Gasteiger partial charge in [0.2, 0.25) is 0 Å². The minimum absolute atomic E-state index is 0.0417.